The molecule has 2 atom stereocenters. The molecule has 3 heteroatoms. The van der Waals surface area contributed by atoms with E-state index >= 15 is 0 Å². The highest BCUT2D eigenvalue weighted by atomic mass is 19.1. The smallest absolute Gasteiger partial charge is 0.223 e. The average molecular weight is 227 g/mol. The molecule has 1 aliphatic rings. The summed E-state index contributed by atoms with van der Waals surface area (Å²) < 4.78 is 13.3. The second-order valence-electron chi connectivity index (χ2n) is 5.98. The van der Waals surface area contributed by atoms with Crippen LogP contribution in [0.2, 0.25) is 0 Å². The molecule has 2 nitrogen and oxygen atoms in total. The third-order valence-electron chi connectivity index (χ3n) is 2.82. The molecule has 1 saturated heterocycles. The first-order chi connectivity index (χ1) is 7.20. The summed E-state index contributed by atoms with van der Waals surface area (Å²) in [6.45, 7) is 12.0. The van der Waals surface area contributed by atoms with Gasteiger partial charge in [-0.25, -0.2) is 4.39 Å². The molecule has 16 heavy (non-hydrogen) atoms. The Hall–Kier alpha value is -0.860. The zero-order valence-electron chi connectivity index (χ0n) is 10.7. The Labute approximate surface area is 97.5 Å². The van der Waals surface area contributed by atoms with Crippen LogP contribution in [0, 0.1) is 5.41 Å². The van der Waals surface area contributed by atoms with Gasteiger partial charge >= 0.3 is 0 Å². The Bertz CT molecular complexity index is 293. The number of nitrogens with zero attached hydrogens (tertiary/aromatic N) is 1. The lowest BCUT2D eigenvalue weighted by Crippen LogP contribution is -2.38. The molecule has 0 N–H and O–H groups in total. The molecule has 0 unspecified atom stereocenters. The third kappa shape index (κ3) is 3.32. The molecule has 1 rings (SSSR count). The molecular weight excluding hydrogens is 205 g/mol. The Morgan fingerprint density at radius 3 is 2.50 bits per heavy atom. The molecule has 0 aromatic heterocycles. The van der Waals surface area contributed by atoms with E-state index in [-0.39, 0.29) is 23.9 Å². The summed E-state index contributed by atoms with van der Waals surface area (Å²) in [4.78, 5) is 13.7. The monoisotopic (exact) mass is 227 g/mol. The maximum absolute atomic E-state index is 13.3. The van der Waals surface area contributed by atoms with E-state index in [4.69, 9.17) is 0 Å². The third-order valence-corrected chi connectivity index (χ3v) is 2.82. The summed E-state index contributed by atoms with van der Waals surface area (Å²) in [5, 5.41) is 0. The van der Waals surface area contributed by atoms with Gasteiger partial charge in [0.2, 0.25) is 5.91 Å². The number of alkyl halides is 1. The van der Waals surface area contributed by atoms with Gasteiger partial charge in [-0.2, -0.15) is 0 Å². The summed E-state index contributed by atoms with van der Waals surface area (Å²) in [5.41, 5.74) is 0.827. The molecule has 1 heterocycles. The first kappa shape index (κ1) is 13.2. The second-order valence-corrected chi connectivity index (χ2v) is 5.98. The van der Waals surface area contributed by atoms with Crippen LogP contribution >= 0.6 is 0 Å². The number of halogens is 1. The topological polar surface area (TPSA) is 20.3 Å². The number of carbonyl (C=O) groups is 1. The normalized spacial score (nSPS) is 25.9. The lowest BCUT2D eigenvalue weighted by atomic mass is 9.91. The van der Waals surface area contributed by atoms with Crippen molar-refractivity contribution in [2.75, 3.05) is 6.54 Å². The van der Waals surface area contributed by atoms with E-state index in [1.54, 1.807) is 4.90 Å². The standard InChI is InChI=1S/C13H22FNO/c1-9(2)11-6-10(14)8-15(11)12(16)7-13(3,4)5/h10-11H,1,6-8H2,2-5H3/t10-,11+/m0/s1. The Kier molecular flexibility index (Phi) is 3.76. The largest absolute Gasteiger partial charge is 0.333 e. The predicted molar refractivity (Wildman–Crippen MR) is 63.9 cm³/mol. The van der Waals surface area contributed by atoms with E-state index < -0.39 is 6.17 Å². The van der Waals surface area contributed by atoms with Crippen LogP contribution in [0.3, 0.4) is 0 Å². The average Bonchev–Trinajstić information content (AvgIpc) is 2.44. The molecule has 1 fully saturated rings. The molecule has 0 bridgehead atoms. The van der Waals surface area contributed by atoms with Gasteiger partial charge in [0.1, 0.15) is 6.17 Å². The first-order valence-corrected chi connectivity index (χ1v) is 5.79. The molecule has 1 aliphatic heterocycles. The number of amides is 1. The van der Waals surface area contributed by atoms with Crippen molar-refractivity contribution in [1.82, 2.24) is 4.90 Å². The molecule has 92 valence electrons. The van der Waals surface area contributed by atoms with E-state index in [0.717, 1.165) is 5.57 Å². The van der Waals surface area contributed by atoms with Crippen molar-refractivity contribution in [3.8, 4) is 0 Å². The lowest BCUT2D eigenvalue weighted by Gasteiger charge is -2.28. The fraction of sp³-hybridized carbons (Fsp3) is 0.769. The minimum absolute atomic E-state index is 0.0423. The molecule has 0 saturated carbocycles. The van der Waals surface area contributed by atoms with E-state index in [9.17, 15) is 9.18 Å². The van der Waals surface area contributed by atoms with Crippen molar-refractivity contribution in [3.05, 3.63) is 12.2 Å². The van der Waals surface area contributed by atoms with Gasteiger partial charge in [0.05, 0.1) is 12.6 Å². The van der Waals surface area contributed by atoms with Gasteiger partial charge in [0.25, 0.3) is 0 Å². The van der Waals surface area contributed by atoms with Crippen molar-refractivity contribution < 1.29 is 9.18 Å². The number of hydrogen-bond acceptors (Lipinski definition) is 1. The van der Waals surface area contributed by atoms with Crippen LogP contribution in [-0.4, -0.2) is 29.6 Å². The lowest BCUT2D eigenvalue weighted by molar-refractivity contribution is -0.133. The van der Waals surface area contributed by atoms with Crippen LogP contribution in [0.15, 0.2) is 12.2 Å². The first-order valence-electron chi connectivity index (χ1n) is 5.79. The zero-order valence-corrected chi connectivity index (χ0v) is 10.7. The van der Waals surface area contributed by atoms with Crippen LogP contribution in [0.5, 0.6) is 0 Å². The maximum atomic E-state index is 13.3. The molecular formula is C13H22FNO. The number of rotatable bonds is 2. The molecule has 0 radical (unpaired) electrons. The van der Waals surface area contributed by atoms with Crippen molar-refractivity contribution in [2.45, 2.75) is 52.8 Å². The van der Waals surface area contributed by atoms with Crippen molar-refractivity contribution in [1.29, 1.82) is 0 Å². The number of likely N-dealkylation sites (tertiary alicyclic amines) is 1. The fourth-order valence-corrected chi connectivity index (χ4v) is 2.08. The molecule has 0 aliphatic carbocycles. The quantitative estimate of drug-likeness (QED) is 0.664. The van der Waals surface area contributed by atoms with E-state index in [2.05, 4.69) is 6.58 Å². The SMILES string of the molecule is C=C(C)[C@H]1C[C@H](F)CN1C(=O)CC(C)(C)C. The number of carbonyl (C=O) groups excluding carboxylic acids is 1. The van der Waals surface area contributed by atoms with Gasteiger partial charge in [0.15, 0.2) is 0 Å². The highest BCUT2D eigenvalue weighted by Crippen LogP contribution is 2.28. The summed E-state index contributed by atoms with van der Waals surface area (Å²) in [6.07, 6.45) is -0.0278. The van der Waals surface area contributed by atoms with Gasteiger partial charge < -0.3 is 4.90 Å². The Morgan fingerprint density at radius 1 is 1.50 bits per heavy atom. The van der Waals surface area contributed by atoms with Crippen LogP contribution in [0.1, 0.15) is 40.5 Å². The van der Waals surface area contributed by atoms with Crippen molar-refractivity contribution in [3.63, 3.8) is 0 Å². The van der Waals surface area contributed by atoms with Crippen molar-refractivity contribution in [2.24, 2.45) is 5.41 Å². The molecule has 1 amide bonds. The van der Waals surface area contributed by atoms with E-state index in [0.29, 0.717) is 12.8 Å². The Balaban J connectivity index is 2.71. The van der Waals surface area contributed by atoms with Gasteiger partial charge in [-0.15, -0.1) is 0 Å². The highest BCUT2D eigenvalue weighted by molar-refractivity contribution is 5.78. The minimum atomic E-state index is -0.898. The zero-order chi connectivity index (χ0) is 12.5. The molecule has 0 spiro atoms. The summed E-state index contributed by atoms with van der Waals surface area (Å²) in [5.74, 6) is 0.0423. The summed E-state index contributed by atoms with van der Waals surface area (Å²) in [6, 6.07) is -0.107. The molecule has 0 aromatic carbocycles. The fourth-order valence-electron chi connectivity index (χ4n) is 2.08. The van der Waals surface area contributed by atoms with Gasteiger partial charge in [0, 0.05) is 12.8 Å². The van der Waals surface area contributed by atoms with Gasteiger partial charge in [-0.1, -0.05) is 32.9 Å². The van der Waals surface area contributed by atoms with Crippen LogP contribution in [-0.2, 0) is 4.79 Å². The summed E-state index contributed by atoms with van der Waals surface area (Å²) in [7, 11) is 0. The van der Waals surface area contributed by atoms with Crippen LogP contribution < -0.4 is 0 Å². The van der Waals surface area contributed by atoms with Gasteiger partial charge in [-0.3, -0.25) is 4.79 Å². The second kappa shape index (κ2) is 4.56. The van der Waals surface area contributed by atoms with E-state index in [1.165, 1.54) is 0 Å². The predicted octanol–water partition coefficient (Wildman–Crippen LogP) is 2.94. The minimum Gasteiger partial charge on any atom is -0.333 e. The van der Waals surface area contributed by atoms with Crippen LogP contribution in [0.4, 0.5) is 4.39 Å². The maximum Gasteiger partial charge on any atom is 0.223 e. The van der Waals surface area contributed by atoms with Gasteiger partial charge in [-0.05, 0) is 12.3 Å². The van der Waals surface area contributed by atoms with Crippen LogP contribution in [0.25, 0.3) is 0 Å². The summed E-state index contributed by atoms with van der Waals surface area (Å²) >= 11 is 0. The highest BCUT2D eigenvalue weighted by Gasteiger charge is 2.36. The van der Waals surface area contributed by atoms with Crippen molar-refractivity contribution >= 4 is 5.91 Å². The molecule has 0 aromatic rings. The Morgan fingerprint density at radius 2 is 2.06 bits per heavy atom. The number of hydrogen-bond donors (Lipinski definition) is 0. The van der Waals surface area contributed by atoms with E-state index in [1.807, 2.05) is 27.7 Å².